The molecular weight excluding hydrogens is 328 g/mol. The van der Waals surface area contributed by atoms with Gasteiger partial charge >= 0.3 is 0 Å². The van der Waals surface area contributed by atoms with Crippen molar-refractivity contribution >= 4 is 0 Å². The molecule has 1 atom stereocenters. The van der Waals surface area contributed by atoms with Gasteiger partial charge in [-0.2, -0.15) is 0 Å². The molecule has 0 bridgehead atoms. The summed E-state index contributed by atoms with van der Waals surface area (Å²) in [6, 6.07) is 14.1. The predicted molar refractivity (Wildman–Crippen MR) is 114 cm³/mol. The smallest absolute Gasteiger partial charge is 0.122 e. The van der Waals surface area contributed by atoms with Gasteiger partial charge in [0.2, 0.25) is 0 Å². The lowest BCUT2D eigenvalue weighted by Crippen LogP contribution is -2.26. The molecule has 0 spiro atoms. The van der Waals surface area contributed by atoms with Crippen LogP contribution >= 0.6 is 0 Å². The van der Waals surface area contributed by atoms with E-state index < -0.39 is 0 Å². The molecule has 2 aliphatic rings. The molecule has 0 fully saturated rings. The SMILES string of the molecule is CC(C)(C)c1ccc2c(c1)CCC(CC(C)(C)c1ccc3c(c1)CCO3)C2. The number of ether oxygens (including phenoxy) is 1. The molecule has 0 N–H and O–H groups in total. The maximum absolute atomic E-state index is 5.69. The van der Waals surface area contributed by atoms with Crippen LogP contribution in [0.15, 0.2) is 36.4 Å². The van der Waals surface area contributed by atoms with Crippen LogP contribution in [0.4, 0.5) is 0 Å². The van der Waals surface area contributed by atoms with E-state index in [-0.39, 0.29) is 10.8 Å². The molecule has 0 saturated heterocycles. The van der Waals surface area contributed by atoms with Crippen LogP contribution in [0.25, 0.3) is 0 Å². The van der Waals surface area contributed by atoms with Crippen LogP contribution in [-0.4, -0.2) is 6.61 Å². The van der Waals surface area contributed by atoms with Crippen LogP contribution in [0.1, 0.15) is 75.3 Å². The predicted octanol–water partition coefficient (Wildman–Crippen LogP) is 6.39. The van der Waals surface area contributed by atoms with Gasteiger partial charge in [-0.15, -0.1) is 0 Å². The third-order valence-corrected chi connectivity index (χ3v) is 6.67. The number of fused-ring (bicyclic) bond motifs is 2. The summed E-state index contributed by atoms with van der Waals surface area (Å²) in [5, 5.41) is 0. The average molecular weight is 363 g/mol. The van der Waals surface area contributed by atoms with Gasteiger partial charge in [0.1, 0.15) is 5.75 Å². The van der Waals surface area contributed by atoms with Crippen molar-refractivity contribution in [1.82, 2.24) is 0 Å². The van der Waals surface area contributed by atoms with Crippen molar-refractivity contribution in [2.24, 2.45) is 5.92 Å². The van der Waals surface area contributed by atoms with Crippen molar-refractivity contribution < 1.29 is 4.74 Å². The zero-order valence-electron chi connectivity index (χ0n) is 17.7. The molecule has 0 saturated carbocycles. The lowest BCUT2D eigenvalue weighted by Gasteiger charge is -2.34. The molecule has 1 heterocycles. The molecule has 2 aromatic carbocycles. The molecule has 4 rings (SSSR count). The second-order valence-electron chi connectivity index (χ2n) is 10.4. The molecule has 1 heteroatoms. The highest BCUT2D eigenvalue weighted by atomic mass is 16.5. The maximum atomic E-state index is 5.69. The van der Waals surface area contributed by atoms with Gasteiger partial charge in [-0.3, -0.25) is 0 Å². The summed E-state index contributed by atoms with van der Waals surface area (Å²) in [6.07, 6.45) is 6.10. The Labute approximate surface area is 165 Å². The minimum atomic E-state index is 0.213. The number of hydrogen-bond acceptors (Lipinski definition) is 1. The van der Waals surface area contributed by atoms with Crippen molar-refractivity contribution in [1.29, 1.82) is 0 Å². The van der Waals surface area contributed by atoms with Crippen molar-refractivity contribution in [3.8, 4) is 5.75 Å². The van der Waals surface area contributed by atoms with Gasteiger partial charge in [0, 0.05) is 6.42 Å². The lowest BCUT2D eigenvalue weighted by atomic mass is 9.71. The highest BCUT2D eigenvalue weighted by Crippen LogP contribution is 2.39. The molecule has 0 amide bonds. The fourth-order valence-corrected chi connectivity index (χ4v) is 4.92. The summed E-state index contributed by atoms with van der Waals surface area (Å²) in [7, 11) is 0. The molecule has 0 radical (unpaired) electrons. The molecule has 1 aliphatic carbocycles. The summed E-state index contributed by atoms with van der Waals surface area (Å²) in [5.41, 5.74) is 7.96. The van der Waals surface area contributed by atoms with E-state index in [1.807, 2.05) is 0 Å². The fraction of sp³-hybridized carbons (Fsp3) is 0.538. The largest absolute Gasteiger partial charge is 0.493 e. The molecular formula is C26H34O. The van der Waals surface area contributed by atoms with Gasteiger partial charge in [0.25, 0.3) is 0 Å². The normalized spacial score (nSPS) is 19.4. The van der Waals surface area contributed by atoms with E-state index in [9.17, 15) is 0 Å². The van der Waals surface area contributed by atoms with E-state index in [1.165, 1.54) is 42.4 Å². The molecule has 1 nitrogen and oxygen atoms in total. The zero-order chi connectivity index (χ0) is 19.2. The Kier molecular flexibility index (Phi) is 4.61. The molecule has 144 valence electrons. The van der Waals surface area contributed by atoms with Crippen LogP contribution in [0, 0.1) is 5.92 Å². The molecule has 0 aromatic heterocycles. The molecule has 27 heavy (non-hydrogen) atoms. The number of aryl methyl sites for hydroxylation is 1. The van der Waals surface area contributed by atoms with E-state index >= 15 is 0 Å². The lowest BCUT2D eigenvalue weighted by molar-refractivity contribution is 0.329. The van der Waals surface area contributed by atoms with E-state index in [4.69, 9.17) is 4.74 Å². The Balaban J connectivity index is 1.49. The monoisotopic (exact) mass is 362 g/mol. The van der Waals surface area contributed by atoms with Crippen LogP contribution in [0.5, 0.6) is 5.75 Å². The summed E-state index contributed by atoms with van der Waals surface area (Å²) in [4.78, 5) is 0. The second kappa shape index (κ2) is 6.69. The average Bonchev–Trinajstić information content (AvgIpc) is 3.08. The highest BCUT2D eigenvalue weighted by Gasteiger charge is 2.29. The van der Waals surface area contributed by atoms with Crippen LogP contribution in [0.3, 0.4) is 0 Å². The van der Waals surface area contributed by atoms with Gasteiger partial charge < -0.3 is 4.74 Å². The quantitative estimate of drug-likeness (QED) is 0.614. The number of hydrogen-bond donors (Lipinski definition) is 0. The van der Waals surface area contributed by atoms with E-state index in [0.29, 0.717) is 0 Å². The first-order valence-electron chi connectivity index (χ1n) is 10.6. The van der Waals surface area contributed by atoms with E-state index in [1.54, 1.807) is 11.1 Å². The Morgan fingerprint density at radius 3 is 2.37 bits per heavy atom. The Hall–Kier alpha value is -1.76. The maximum Gasteiger partial charge on any atom is 0.122 e. The Morgan fingerprint density at radius 1 is 0.852 bits per heavy atom. The van der Waals surface area contributed by atoms with Gasteiger partial charge in [0.15, 0.2) is 0 Å². The third-order valence-electron chi connectivity index (χ3n) is 6.67. The first-order chi connectivity index (χ1) is 12.7. The standard InChI is InChI=1S/C26H34O/c1-25(2,3)22-9-8-19-14-18(6-7-20(19)15-22)17-26(4,5)23-10-11-24-21(16-23)12-13-27-24/h8-11,15-16,18H,6-7,12-14,17H2,1-5H3. The minimum absolute atomic E-state index is 0.213. The van der Waals surface area contributed by atoms with Crippen molar-refractivity contribution in [2.45, 2.75) is 77.6 Å². The summed E-state index contributed by atoms with van der Waals surface area (Å²) >= 11 is 0. The first-order valence-corrected chi connectivity index (χ1v) is 10.6. The topological polar surface area (TPSA) is 9.23 Å². The van der Waals surface area contributed by atoms with Gasteiger partial charge in [-0.05, 0) is 76.3 Å². The second-order valence-corrected chi connectivity index (χ2v) is 10.4. The molecule has 2 aromatic rings. The zero-order valence-corrected chi connectivity index (χ0v) is 17.7. The molecule has 1 aliphatic heterocycles. The van der Waals surface area contributed by atoms with Crippen molar-refractivity contribution in [2.75, 3.05) is 6.61 Å². The molecule has 1 unspecified atom stereocenters. The van der Waals surface area contributed by atoms with E-state index in [0.717, 1.165) is 24.7 Å². The van der Waals surface area contributed by atoms with Gasteiger partial charge in [0.05, 0.1) is 6.61 Å². The first kappa shape index (κ1) is 18.6. The van der Waals surface area contributed by atoms with Gasteiger partial charge in [-0.25, -0.2) is 0 Å². The van der Waals surface area contributed by atoms with Gasteiger partial charge in [-0.1, -0.05) is 65.0 Å². The Morgan fingerprint density at radius 2 is 1.59 bits per heavy atom. The summed E-state index contributed by atoms with van der Waals surface area (Å²) < 4.78 is 5.69. The van der Waals surface area contributed by atoms with Crippen molar-refractivity contribution in [3.05, 3.63) is 64.2 Å². The minimum Gasteiger partial charge on any atom is -0.493 e. The van der Waals surface area contributed by atoms with Crippen LogP contribution < -0.4 is 4.74 Å². The van der Waals surface area contributed by atoms with Crippen LogP contribution in [0.2, 0.25) is 0 Å². The highest BCUT2D eigenvalue weighted by molar-refractivity contribution is 5.42. The summed E-state index contributed by atoms with van der Waals surface area (Å²) in [5.74, 6) is 1.87. The number of benzene rings is 2. The van der Waals surface area contributed by atoms with E-state index in [2.05, 4.69) is 71.0 Å². The number of rotatable bonds is 3. The Bertz CT molecular complexity index is 838. The summed E-state index contributed by atoms with van der Waals surface area (Å²) in [6.45, 7) is 12.6. The fourth-order valence-electron chi connectivity index (χ4n) is 4.92. The van der Waals surface area contributed by atoms with Crippen molar-refractivity contribution in [3.63, 3.8) is 0 Å². The third kappa shape index (κ3) is 3.79. The van der Waals surface area contributed by atoms with Crippen LogP contribution in [-0.2, 0) is 30.1 Å².